The lowest BCUT2D eigenvalue weighted by atomic mass is 10.1. The molecule has 2 aromatic rings. The molecule has 5 heteroatoms. The summed E-state index contributed by atoms with van der Waals surface area (Å²) in [7, 11) is 1.69. The summed E-state index contributed by atoms with van der Waals surface area (Å²) in [5, 5.41) is 11.0. The van der Waals surface area contributed by atoms with Crippen LogP contribution in [0.2, 0.25) is 0 Å². The molecule has 0 bridgehead atoms. The fourth-order valence-corrected chi connectivity index (χ4v) is 1.83. The number of hydrogen-bond acceptors (Lipinski definition) is 4. The molecule has 0 atom stereocenters. The number of hydrogen-bond donors (Lipinski definition) is 1. The summed E-state index contributed by atoms with van der Waals surface area (Å²) in [6.07, 6.45) is 3.55. The zero-order chi connectivity index (χ0) is 12.8. The Balaban J connectivity index is 1.78. The molecule has 0 fully saturated rings. The third-order valence-electron chi connectivity index (χ3n) is 2.78. The van der Waals surface area contributed by atoms with Gasteiger partial charge in [0.05, 0.1) is 19.9 Å². The molecule has 1 aromatic carbocycles. The van der Waals surface area contributed by atoms with Gasteiger partial charge in [-0.2, -0.15) is 0 Å². The highest BCUT2D eigenvalue weighted by Crippen LogP contribution is 2.18. The molecule has 0 unspecified atom stereocenters. The van der Waals surface area contributed by atoms with E-state index in [0.717, 1.165) is 30.9 Å². The Morgan fingerprint density at radius 2 is 2.28 bits per heavy atom. The van der Waals surface area contributed by atoms with Crippen molar-refractivity contribution in [2.24, 2.45) is 0 Å². The second kappa shape index (κ2) is 6.16. The molecule has 0 saturated carbocycles. The quantitative estimate of drug-likeness (QED) is 0.782. The van der Waals surface area contributed by atoms with Crippen molar-refractivity contribution in [2.75, 3.05) is 13.7 Å². The zero-order valence-corrected chi connectivity index (χ0v) is 10.8. The van der Waals surface area contributed by atoms with Gasteiger partial charge in [-0.15, -0.1) is 5.10 Å². The van der Waals surface area contributed by atoms with Crippen LogP contribution in [-0.4, -0.2) is 28.6 Å². The van der Waals surface area contributed by atoms with E-state index in [1.165, 1.54) is 5.56 Å². The van der Waals surface area contributed by atoms with Crippen LogP contribution in [-0.2, 0) is 13.1 Å². The lowest BCUT2D eigenvalue weighted by Gasteiger charge is -2.08. The first-order chi connectivity index (χ1) is 8.79. The molecule has 5 nitrogen and oxygen atoms in total. The molecule has 1 heterocycles. The Bertz CT molecular complexity index is 482. The van der Waals surface area contributed by atoms with Gasteiger partial charge in [-0.1, -0.05) is 17.3 Å². The highest BCUT2D eigenvalue weighted by molar-refractivity contribution is 5.36. The maximum absolute atomic E-state index is 5.24. The molecule has 1 N–H and O–H groups in total. The van der Waals surface area contributed by atoms with Crippen LogP contribution >= 0.6 is 0 Å². The summed E-state index contributed by atoms with van der Waals surface area (Å²) in [5.74, 6) is 0.932. The summed E-state index contributed by atoms with van der Waals surface area (Å²) in [6.45, 7) is 4.60. The molecule has 0 aliphatic heterocycles. The van der Waals surface area contributed by atoms with E-state index < -0.39 is 0 Å². The molecule has 0 aliphatic rings. The van der Waals surface area contributed by atoms with Crippen LogP contribution < -0.4 is 10.1 Å². The Morgan fingerprint density at radius 1 is 1.39 bits per heavy atom. The number of aryl methyl sites for hydroxylation is 1. The molecule has 0 aliphatic carbocycles. The van der Waals surface area contributed by atoms with E-state index in [4.69, 9.17) is 4.74 Å². The van der Waals surface area contributed by atoms with Crippen LogP contribution in [0.3, 0.4) is 0 Å². The van der Waals surface area contributed by atoms with Crippen LogP contribution in [0.25, 0.3) is 0 Å². The fraction of sp³-hybridized carbons (Fsp3) is 0.385. The highest BCUT2D eigenvalue weighted by atomic mass is 16.5. The molecule has 2 rings (SSSR count). The van der Waals surface area contributed by atoms with Gasteiger partial charge in [-0.25, -0.2) is 0 Å². The summed E-state index contributed by atoms with van der Waals surface area (Å²) < 4.78 is 7.05. The van der Waals surface area contributed by atoms with Crippen LogP contribution in [0.4, 0.5) is 0 Å². The van der Waals surface area contributed by atoms with Crippen LogP contribution in [0.15, 0.2) is 30.6 Å². The number of benzene rings is 1. The van der Waals surface area contributed by atoms with Crippen molar-refractivity contribution in [1.29, 1.82) is 0 Å². The molecule has 0 saturated heterocycles. The van der Waals surface area contributed by atoms with Crippen LogP contribution in [0.1, 0.15) is 11.1 Å². The van der Waals surface area contributed by atoms with Gasteiger partial charge in [-0.3, -0.25) is 4.68 Å². The molecule has 18 heavy (non-hydrogen) atoms. The average Bonchev–Trinajstić information content (AvgIpc) is 2.88. The maximum Gasteiger partial charge on any atom is 0.121 e. The normalized spacial score (nSPS) is 10.6. The summed E-state index contributed by atoms with van der Waals surface area (Å²) >= 11 is 0. The predicted octanol–water partition coefficient (Wildman–Crippen LogP) is 1.38. The highest BCUT2D eigenvalue weighted by Gasteiger charge is 1.99. The molecule has 96 valence electrons. The van der Waals surface area contributed by atoms with Gasteiger partial charge in [0.15, 0.2) is 0 Å². The molecule has 0 amide bonds. The van der Waals surface area contributed by atoms with Gasteiger partial charge < -0.3 is 10.1 Å². The number of rotatable bonds is 6. The Hall–Kier alpha value is -1.88. The lowest BCUT2D eigenvalue weighted by molar-refractivity contribution is 0.411. The molecule has 0 radical (unpaired) electrons. The third-order valence-corrected chi connectivity index (χ3v) is 2.78. The van der Waals surface area contributed by atoms with Crippen molar-refractivity contribution >= 4 is 0 Å². The lowest BCUT2D eigenvalue weighted by Crippen LogP contribution is -2.19. The average molecular weight is 246 g/mol. The number of nitrogens with zero attached hydrogens (tertiary/aromatic N) is 3. The fourth-order valence-electron chi connectivity index (χ4n) is 1.83. The first kappa shape index (κ1) is 12.6. The summed E-state index contributed by atoms with van der Waals surface area (Å²) in [4.78, 5) is 0. The standard InChI is InChI=1S/C13H18N4O/c1-11-9-12(3-4-13(11)18-2)10-14-5-7-17-8-6-15-16-17/h3-4,6,8-9,14H,5,7,10H2,1-2H3. The van der Waals surface area contributed by atoms with Crippen molar-refractivity contribution < 1.29 is 4.74 Å². The van der Waals surface area contributed by atoms with Crippen molar-refractivity contribution in [1.82, 2.24) is 20.3 Å². The van der Waals surface area contributed by atoms with Crippen LogP contribution in [0.5, 0.6) is 5.75 Å². The third kappa shape index (κ3) is 3.30. The van der Waals surface area contributed by atoms with Crippen molar-refractivity contribution in [3.8, 4) is 5.75 Å². The SMILES string of the molecule is COc1ccc(CNCCn2ccnn2)cc1C. The number of ether oxygens (including phenoxy) is 1. The maximum atomic E-state index is 5.24. The molecule has 0 spiro atoms. The number of methoxy groups -OCH3 is 1. The van der Waals surface area contributed by atoms with E-state index in [2.05, 4.69) is 34.7 Å². The van der Waals surface area contributed by atoms with Crippen molar-refractivity contribution in [2.45, 2.75) is 20.0 Å². The van der Waals surface area contributed by atoms with E-state index in [1.54, 1.807) is 13.3 Å². The molecular weight excluding hydrogens is 228 g/mol. The monoisotopic (exact) mass is 246 g/mol. The van der Waals surface area contributed by atoms with E-state index in [0.29, 0.717) is 0 Å². The minimum atomic E-state index is 0.829. The van der Waals surface area contributed by atoms with Gasteiger partial charge in [-0.05, 0) is 24.1 Å². The van der Waals surface area contributed by atoms with E-state index in [-0.39, 0.29) is 0 Å². The Morgan fingerprint density at radius 3 is 2.94 bits per heavy atom. The zero-order valence-electron chi connectivity index (χ0n) is 10.8. The topological polar surface area (TPSA) is 52.0 Å². The first-order valence-corrected chi connectivity index (χ1v) is 5.98. The predicted molar refractivity (Wildman–Crippen MR) is 69.5 cm³/mol. The Kier molecular flexibility index (Phi) is 4.30. The van der Waals surface area contributed by atoms with Gasteiger partial charge in [0.25, 0.3) is 0 Å². The van der Waals surface area contributed by atoms with Gasteiger partial charge >= 0.3 is 0 Å². The number of nitrogens with one attached hydrogen (secondary N) is 1. The number of aromatic nitrogens is 3. The smallest absolute Gasteiger partial charge is 0.121 e. The minimum Gasteiger partial charge on any atom is -0.496 e. The van der Waals surface area contributed by atoms with Gasteiger partial charge in [0.1, 0.15) is 5.75 Å². The minimum absolute atomic E-state index is 0.829. The van der Waals surface area contributed by atoms with E-state index >= 15 is 0 Å². The van der Waals surface area contributed by atoms with Crippen molar-refractivity contribution in [3.63, 3.8) is 0 Å². The Labute approximate surface area is 107 Å². The van der Waals surface area contributed by atoms with E-state index in [1.807, 2.05) is 16.9 Å². The summed E-state index contributed by atoms with van der Waals surface area (Å²) in [5.41, 5.74) is 2.42. The summed E-state index contributed by atoms with van der Waals surface area (Å²) in [6, 6.07) is 6.22. The second-order valence-corrected chi connectivity index (χ2v) is 4.15. The largest absolute Gasteiger partial charge is 0.496 e. The van der Waals surface area contributed by atoms with E-state index in [9.17, 15) is 0 Å². The van der Waals surface area contributed by atoms with Gasteiger partial charge in [0.2, 0.25) is 0 Å². The van der Waals surface area contributed by atoms with Crippen molar-refractivity contribution in [3.05, 3.63) is 41.7 Å². The van der Waals surface area contributed by atoms with Crippen LogP contribution in [0, 0.1) is 6.92 Å². The van der Waals surface area contributed by atoms with Gasteiger partial charge in [0, 0.05) is 19.3 Å². The first-order valence-electron chi connectivity index (χ1n) is 5.98. The second-order valence-electron chi connectivity index (χ2n) is 4.15. The molecular formula is C13H18N4O. The molecule has 1 aromatic heterocycles.